The number of pyridine rings is 3. The molecule has 0 spiro atoms. The SMILES string of the molecule is CC1(C)OB(B2OC(C)(C)C(C)(C)O2)OC1(C)C.CN(C(=O)N1CC=C(C2=CCc3ncc(-c4cccc(S(N)(=O)=O)c4)cc32)CC1)C1CCCC1.CN(C(=O)N1CC=C(C2=CCc3ncc(B4OC(C)(C)C(C)(C)O4)cc32)CC1)C1CCCC1.CN(C(=O)N1CC=C(C2=CCc3ncc(Br)cc32)CC1)C1CCCC1.NS(=O)(=O)c1cccc(Br)c1. The van der Waals surface area contributed by atoms with Crippen LogP contribution in [0.15, 0.2) is 157 Å². The number of allylic oxidation sites excluding steroid dienone is 6. The van der Waals surface area contributed by atoms with Crippen molar-refractivity contribution in [1.29, 1.82) is 0 Å². The maximum atomic E-state index is 13.0. The number of amides is 6. The summed E-state index contributed by atoms with van der Waals surface area (Å²) in [7, 11) is -2.82. The highest BCUT2D eigenvalue weighted by Crippen LogP contribution is 2.46. The number of urea groups is 3. The molecule has 6 aliphatic carbocycles. The summed E-state index contributed by atoms with van der Waals surface area (Å²) in [5.41, 5.74) is 14.8. The molecule has 3 saturated heterocycles. The predicted molar refractivity (Wildman–Crippen MR) is 485 cm³/mol. The first-order valence-corrected chi connectivity index (χ1v) is 47.5. The molecule has 9 heterocycles. The van der Waals surface area contributed by atoms with Crippen LogP contribution in [0.5, 0.6) is 0 Å². The Morgan fingerprint density at radius 1 is 0.421 bits per heavy atom. The Balaban J connectivity index is 0.000000136. The molecular weight excluding hydrogens is 1700 g/mol. The molecular formula is C90H120B3Br2N11O13S2. The fourth-order valence-corrected chi connectivity index (χ4v) is 19.5. The van der Waals surface area contributed by atoms with Crippen molar-refractivity contribution < 1.29 is 59.1 Å². The Morgan fingerprint density at radius 3 is 1.12 bits per heavy atom. The monoisotopic (exact) mass is 1820 g/mol. The normalized spacial score (nSPS) is 21.7. The molecule has 6 amide bonds. The Hall–Kier alpha value is -7.13. The topological polar surface area (TPSA) is 285 Å². The van der Waals surface area contributed by atoms with Crippen LogP contribution in [0, 0.1) is 0 Å². The van der Waals surface area contributed by atoms with Gasteiger partial charge in [0, 0.05) is 153 Å². The van der Waals surface area contributed by atoms with Gasteiger partial charge in [-0.1, -0.05) is 115 Å². The van der Waals surface area contributed by atoms with E-state index in [0.29, 0.717) is 48.8 Å². The Kier molecular flexibility index (Phi) is 27.9. The molecule has 4 N–H and O–H groups in total. The van der Waals surface area contributed by atoms with Crippen LogP contribution in [0.3, 0.4) is 0 Å². The van der Waals surface area contributed by atoms with Gasteiger partial charge in [0.05, 0.1) is 60.5 Å². The third-order valence-electron chi connectivity index (χ3n) is 27.2. The van der Waals surface area contributed by atoms with Gasteiger partial charge in [0.15, 0.2) is 0 Å². The van der Waals surface area contributed by atoms with Crippen molar-refractivity contribution in [2.45, 2.75) is 260 Å². The minimum Gasteiger partial charge on any atom is -0.405 e. The molecule has 121 heavy (non-hydrogen) atoms. The minimum absolute atomic E-state index is 0.0867. The molecule has 31 heteroatoms. The number of rotatable bonds is 11. The van der Waals surface area contributed by atoms with Gasteiger partial charge >= 0.3 is 39.2 Å². The highest BCUT2D eigenvalue weighted by molar-refractivity contribution is 9.10. The minimum atomic E-state index is -3.77. The quantitative estimate of drug-likeness (QED) is 0.116. The van der Waals surface area contributed by atoms with Crippen LogP contribution in [-0.4, -0.2) is 213 Å². The number of nitrogens with two attached hydrogens (primary N) is 2. The van der Waals surface area contributed by atoms with Crippen molar-refractivity contribution in [3.8, 4) is 11.1 Å². The molecule has 648 valence electrons. The molecule has 2 aromatic carbocycles. The molecule has 0 atom stereocenters. The average molecular weight is 1820 g/mol. The first kappa shape index (κ1) is 91.6. The highest BCUT2D eigenvalue weighted by Gasteiger charge is 2.64. The molecule has 3 saturated carbocycles. The number of hydrogen-bond donors (Lipinski definition) is 2. The number of primary sulfonamides is 2. The zero-order chi connectivity index (χ0) is 87.1. The van der Waals surface area contributed by atoms with Crippen LogP contribution in [0.2, 0.25) is 0 Å². The van der Waals surface area contributed by atoms with E-state index < -0.39 is 41.2 Å². The van der Waals surface area contributed by atoms with Crippen LogP contribution in [0.4, 0.5) is 14.4 Å². The molecule has 6 fully saturated rings. The number of fused-ring (bicyclic) bond motifs is 3. The van der Waals surface area contributed by atoms with Crippen molar-refractivity contribution in [3.63, 3.8) is 0 Å². The number of sulfonamides is 2. The van der Waals surface area contributed by atoms with Gasteiger partial charge in [-0.05, 0) is 238 Å². The van der Waals surface area contributed by atoms with Gasteiger partial charge in [-0.2, -0.15) is 0 Å². The zero-order valence-electron chi connectivity index (χ0n) is 73.0. The van der Waals surface area contributed by atoms with E-state index in [1.54, 1.807) is 30.5 Å². The standard InChI is InChI=1S/C26H36BN3O3.C26H30N4O3S.C20H24BrN3O.C12H24B2O4.C6H6BrNO2S/c1-25(2)26(3,4)33-27(32-25)19-16-22-21(10-11-23(22)28-17-19)18-12-14-30(15-13-18)24(31)29(5)20-8-6-7-9-20;1-29(21-6-2-3-7-21)26(31)30-13-11-18(12-14-30)23-9-10-25-24(23)16-20(17-28-25)19-5-4-8-22(15-19)34(27,32)33;1-23(16-4-2-3-5-16)20(25)24-10-8-14(9-11-24)17-6-7-19-18(17)12-15(21)13-22-19;1-9(2)10(3,4)16-13(15-9)14-17-11(5,6)12(7,8)18-14;7-5-2-1-3-6(4-5)11(8,9)10/h10,12,16-17,20H,6-9,11,13-15H2,1-5H3;4-5,8-9,11,15-17,21H,2-3,6-7,10,12-14H2,1H3,(H2,27,32,33);6,8,12-13,16H,2-5,7,9-11H2,1H3;1-8H3;1-4H,(H2,8,9,10). The van der Waals surface area contributed by atoms with Gasteiger partial charge in [0.2, 0.25) is 20.0 Å². The third kappa shape index (κ3) is 20.7. The molecule has 0 radical (unpaired) electrons. The number of hydrogen-bond acceptors (Lipinski definition) is 16. The molecule has 6 aliphatic heterocycles. The molecule has 0 bridgehead atoms. The van der Waals surface area contributed by atoms with E-state index >= 15 is 0 Å². The maximum absolute atomic E-state index is 13.0. The summed E-state index contributed by atoms with van der Waals surface area (Å²) >= 11 is 6.66. The maximum Gasteiger partial charge on any atom is 0.496 e. The van der Waals surface area contributed by atoms with Gasteiger partial charge < -0.3 is 57.3 Å². The average Bonchev–Trinajstić information content (AvgIpc) is 1.64. The summed E-state index contributed by atoms with van der Waals surface area (Å²) in [5, 5.41) is 10.2. The lowest BCUT2D eigenvalue weighted by atomic mass is 9.49. The van der Waals surface area contributed by atoms with Crippen molar-refractivity contribution in [2.24, 2.45) is 10.3 Å². The number of carbonyl (C=O) groups excluding carboxylic acids is 3. The molecule has 17 rings (SSSR count). The van der Waals surface area contributed by atoms with E-state index in [0.717, 1.165) is 134 Å². The van der Waals surface area contributed by atoms with E-state index in [1.807, 2.05) is 124 Å². The fourth-order valence-electron chi connectivity index (χ4n) is 17.5. The summed E-state index contributed by atoms with van der Waals surface area (Å²) < 4.78 is 83.1. The summed E-state index contributed by atoms with van der Waals surface area (Å²) in [4.78, 5) is 64.6. The van der Waals surface area contributed by atoms with Gasteiger partial charge in [-0.25, -0.2) is 41.5 Å². The summed E-state index contributed by atoms with van der Waals surface area (Å²) in [6.45, 7) is 28.8. The van der Waals surface area contributed by atoms with Crippen molar-refractivity contribution in [2.75, 3.05) is 60.4 Å². The molecule has 24 nitrogen and oxygen atoms in total. The second-order valence-electron chi connectivity index (χ2n) is 36.8. The number of halogens is 2. The Bertz CT molecular complexity index is 5090. The van der Waals surface area contributed by atoms with E-state index in [4.69, 9.17) is 43.2 Å². The first-order chi connectivity index (χ1) is 57.0. The van der Waals surface area contributed by atoms with Gasteiger partial charge in [-0.15, -0.1) is 0 Å². The van der Waals surface area contributed by atoms with E-state index in [2.05, 4.69) is 124 Å². The summed E-state index contributed by atoms with van der Waals surface area (Å²) in [6, 6.07) is 21.0. The van der Waals surface area contributed by atoms with E-state index in [1.165, 1.54) is 101 Å². The lowest BCUT2D eigenvalue weighted by Gasteiger charge is -2.33. The van der Waals surface area contributed by atoms with E-state index in [9.17, 15) is 31.2 Å². The number of aromatic nitrogens is 3. The zero-order valence-corrected chi connectivity index (χ0v) is 77.8. The van der Waals surface area contributed by atoms with E-state index in [-0.39, 0.29) is 61.5 Å². The van der Waals surface area contributed by atoms with Crippen molar-refractivity contribution in [1.82, 2.24) is 44.4 Å². The molecule has 0 unspecified atom stereocenters. The second kappa shape index (κ2) is 36.8. The molecule has 3 aromatic heterocycles. The summed E-state index contributed by atoms with van der Waals surface area (Å²) in [6.07, 6.45) is 38.2. The Morgan fingerprint density at radius 2 is 0.760 bits per heavy atom. The predicted octanol–water partition coefficient (Wildman–Crippen LogP) is 15.7. The summed E-state index contributed by atoms with van der Waals surface area (Å²) in [5.74, 6) is 0. The number of nitrogens with zero attached hydrogens (tertiary/aromatic N) is 9. The van der Waals surface area contributed by atoms with Crippen LogP contribution in [-0.2, 0) is 67.2 Å². The lowest BCUT2D eigenvalue weighted by Crippen LogP contribution is -2.46. The second-order valence-corrected chi connectivity index (χ2v) is 41.7. The Labute approximate surface area is 734 Å². The fraction of sp³-hybridized carbons (Fsp3) is 0.533. The number of benzene rings is 2. The largest absolute Gasteiger partial charge is 0.496 e. The molecule has 12 aliphatic rings. The van der Waals surface area contributed by atoms with Gasteiger partial charge in [0.1, 0.15) is 0 Å². The van der Waals surface area contributed by atoms with Gasteiger partial charge in [-0.3, -0.25) is 15.0 Å². The molecule has 5 aromatic rings. The number of carbonyl (C=O) groups is 3. The van der Waals surface area contributed by atoms with Crippen molar-refractivity contribution in [3.05, 3.63) is 181 Å². The van der Waals surface area contributed by atoms with Crippen LogP contribution >= 0.6 is 31.9 Å². The van der Waals surface area contributed by atoms with Crippen molar-refractivity contribution >= 4 is 113 Å². The third-order valence-corrected chi connectivity index (χ3v) is 29.9. The van der Waals surface area contributed by atoms with Crippen LogP contribution in [0.1, 0.15) is 213 Å². The van der Waals surface area contributed by atoms with Crippen LogP contribution < -0.4 is 15.7 Å². The van der Waals surface area contributed by atoms with Crippen LogP contribution in [0.25, 0.3) is 27.8 Å². The van der Waals surface area contributed by atoms with Gasteiger partial charge in [0.25, 0.3) is 0 Å². The smallest absolute Gasteiger partial charge is 0.405 e. The highest BCUT2D eigenvalue weighted by atomic mass is 79.9. The lowest BCUT2D eigenvalue weighted by molar-refractivity contribution is 0.00578. The first-order valence-electron chi connectivity index (χ1n) is 42.8.